The molecule has 0 N–H and O–H groups in total. The van der Waals surface area contributed by atoms with Gasteiger partial charge in [0.15, 0.2) is 0 Å². The van der Waals surface area contributed by atoms with Crippen molar-refractivity contribution >= 4 is 25.8 Å². The van der Waals surface area contributed by atoms with Crippen molar-refractivity contribution in [1.82, 2.24) is 0 Å². The summed E-state index contributed by atoms with van der Waals surface area (Å²) in [4.78, 5) is 0. The Bertz CT molecular complexity index is 756. The van der Waals surface area contributed by atoms with E-state index in [2.05, 4.69) is 113 Å². The summed E-state index contributed by atoms with van der Waals surface area (Å²) in [5.74, 6) is 6.91. The largest absolute Gasteiger partial charge is 0.395 e. The second kappa shape index (κ2) is 10.4. The van der Waals surface area contributed by atoms with Gasteiger partial charge in [-0.3, -0.25) is 0 Å². The molecule has 2 rings (SSSR count). The maximum atomic E-state index is 7.22. The molecule has 0 spiro atoms. The predicted molar refractivity (Wildman–Crippen MR) is 133 cm³/mol. The van der Waals surface area contributed by atoms with Gasteiger partial charge in [-0.05, 0) is 30.6 Å². The molecule has 0 heterocycles. The summed E-state index contributed by atoms with van der Waals surface area (Å²) < 4.78 is 7.22. The molecule has 0 aliphatic carbocycles. The molecule has 2 aromatic rings. The maximum Gasteiger partial charge on any atom is 0.241 e. The zero-order valence-electron chi connectivity index (χ0n) is 19.2. The Kier molecular flexibility index (Phi) is 8.51. The SMILES string of the molecule is CCCCCCC#CC(C)(C)O[Si](c1ccccc1)(c1ccccc1)[Si](C)(C)C. The van der Waals surface area contributed by atoms with E-state index in [-0.39, 0.29) is 0 Å². The molecule has 0 aliphatic heterocycles. The zero-order valence-corrected chi connectivity index (χ0v) is 21.2. The van der Waals surface area contributed by atoms with Crippen molar-refractivity contribution in [2.75, 3.05) is 0 Å². The Hall–Kier alpha value is -1.61. The summed E-state index contributed by atoms with van der Waals surface area (Å²) in [5, 5.41) is 2.73. The molecular weight excluding hydrogens is 384 g/mol. The first kappa shape index (κ1) is 23.7. The minimum atomic E-state index is -2.43. The number of unbranched alkanes of at least 4 members (excludes halogenated alkanes) is 4. The highest BCUT2D eigenvalue weighted by atomic mass is 29.3. The molecular formula is C26H38OSi2. The summed E-state index contributed by atoms with van der Waals surface area (Å²) in [7, 11) is -4.17. The van der Waals surface area contributed by atoms with Gasteiger partial charge in [0.25, 0.3) is 0 Å². The highest BCUT2D eigenvalue weighted by molar-refractivity contribution is 7.48. The molecule has 0 aliphatic rings. The average molecular weight is 423 g/mol. The molecule has 0 unspecified atom stereocenters. The van der Waals surface area contributed by atoms with Crippen LogP contribution in [-0.2, 0) is 4.43 Å². The molecule has 0 atom stereocenters. The lowest BCUT2D eigenvalue weighted by atomic mass is 10.1. The summed E-state index contributed by atoms with van der Waals surface area (Å²) in [6.07, 6.45) is 5.99. The van der Waals surface area contributed by atoms with Crippen LogP contribution in [0, 0.1) is 11.8 Å². The fraction of sp³-hybridized carbons (Fsp3) is 0.462. The monoisotopic (exact) mass is 422 g/mol. The van der Waals surface area contributed by atoms with Gasteiger partial charge in [-0.2, -0.15) is 0 Å². The van der Waals surface area contributed by atoms with Crippen molar-refractivity contribution in [3.63, 3.8) is 0 Å². The molecule has 2 aromatic carbocycles. The van der Waals surface area contributed by atoms with Gasteiger partial charge in [-0.25, -0.2) is 0 Å². The first-order valence-electron chi connectivity index (χ1n) is 11.0. The van der Waals surface area contributed by atoms with Crippen LogP contribution in [0.2, 0.25) is 19.6 Å². The first-order valence-corrected chi connectivity index (χ1v) is 17.4. The topological polar surface area (TPSA) is 9.23 Å². The van der Waals surface area contributed by atoms with Crippen LogP contribution in [0.5, 0.6) is 0 Å². The molecule has 0 radical (unpaired) electrons. The van der Waals surface area contributed by atoms with Gasteiger partial charge >= 0.3 is 0 Å². The number of rotatable bonds is 9. The summed E-state index contributed by atoms with van der Waals surface area (Å²) in [6.45, 7) is 13.9. The van der Waals surface area contributed by atoms with Gasteiger partial charge in [-0.15, -0.1) is 5.92 Å². The first-order chi connectivity index (χ1) is 13.7. The highest BCUT2D eigenvalue weighted by Gasteiger charge is 2.53. The summed E-state index contributed by atoms with van der Waals surface area (Å²) >= 11 is 0. The van der Waals surface area contributed by atoms with Crippen LogP contribution in [-0.4, -0.2) is 21.0 Å². The lowest BCUT2D eigenvalue weighted by Gasteiger charge is -2.45. The second-order valence-electron chi connectivity index (χ2n) is 9.39. The molecule has 0 saturated heterocycles. The van der Waals surface area contributed by atoms with E-state index in [1.807, 2.05) is 0 Å². The Labute approximate surface area is 180 Å². The lowest BCUT2D eigenvalue weighted by Crippen LogP contribution is -2.76. The van der Waals surface area contributed by atoms with E-state index in [9.17, 15) is 0 Å². The molecule has 0 aromatic heterocycles. The van der Waals surface area contributed by atoms with E-state index in [1.165, 1.54) is 36.1 Å². The normalized spacial score (nSPS) is 12.3. The van der Waals surface area contributed by atoms with E-state index in [0.29, 0.717) is 0 Å². The lowest BCUT2D eigenvalue weighted by molar-refractivity contribution is 0.174. The van der Waals surface area contributed by atoms with Gasteiger partial charge < -0.3 is 4.43 Å². The number of hydrogen-bond acceptors (Lipinski definition) is 1. The van der Waals surface area contributed by atoms with E-state index in [1.54, 1.807) is 0 Å². The fourth-order valence-electron chi connectivity index (χ4n) is 3.97. The molecule has 156 valence electrons. The molecule has 0 bridgehead atoms. The quantitative estimate of drug-likeness (QED) is 0.276. The van der Waals surface area contributed by atoms with Gasteiger partial charge in [-0.1, -0.05) is 112 Å². The van der Waals surface area contributed by atoms with E-state index < -0.39 is 21.0 Å². The fourth-order valence-corrected chi connectivity index (χ4v) is 16.6. The second-order valence-corrected chi connectivity index (χ2v) is 23.2. The van der Waals surface area contributed by atoms with Crippen LogP contribution in [0.25, 0.3) is 0 Å². The Morgan fingerprint density at radius 1 is 0.793 bits per heavy atom. The smallest absolute Gasteiger partial charge is 0.241 e. The predicted octanol–water partition coefficient (Wildman–Crippen LogP) is 5.93. The summed E-state index contributed by atoms with van der Waals surface area (Å²) in [6, 6.07) is 21.9. The number of hydrogen-bond donors (Lipinski definition) is 0. The molecule has 0 saturated carbocycles. The Morgan fingerprint density at radius 2 is 1.31 bits per heavy atom. The Balaban J connectivity index is 2.44. The minimum absolute atomic E-state index is 0.469. The van der Waals surface area contributed by atoms with Gasteiger partial charge in [0.2, 0.25) is 7.83 Å². The van der Waals surface area contributed by atoms with E-state index in [4.69, 9.17) is 4.43 Å². The van der Waals surface area contributed by atoms with Crippen molar-refractivity contribution in [1.29, 1.82) is 0 Å². The minimum Gasteiger partial charge on any atom is -0.395 e. The van der Waals surface area contributed by atoms with Crippen LogP contribution in [0.15, 0.2) is 60.7 Å². The molecule has 0 amide bonds. The van der Waals surface area contributed by atoms with Crippen LogP contribution in [0.3, 0.4) is 0 Å². The van der Waals surface area contributed by atoms with Crippen molar-refractivity contribution in [3.8, 4) is 11.8 Å². The van der Waals surface area contributed by atoms with Crippen molar-refractivity contribution in [2.24, 2.45) is 0 Å². The molecule has 1 nitrogen and oxygen atoms in total. The van der Waals surface area contributed by atoms with Crippen LogP contribution in [0.4, 0.5) is 0 Å². The highest BCUT2D eigenvalue weighted by Crippen LogP contribution is 2.26. The number of benzene rings is 2. The Morgan fingerprint density at radius 3 is 1.76 bits per heavy atom. The average Bonchev–Trinajstić information content (AvgIpc) is 2.69. The zero-order chi connectivity index (χ0) is 21.4. The van der Waals surface area contributed by atoms with Crippen LogP contribution < -0.4 is 10.4 Å². The van der Waals surface area contributed by atoms with Crippen molar-refractivity contribution in [3.05, 3.63) is 60.7 Å². The van der Waals surface area contributed by atoms with Crippen LogP contribution in [0.1, 0.15) is 52.9 Å². The van der Waals surface area contributed by atoms with Crippen LogP contribution >= 0.6 is 0 Å². The van der Waals surface area contributed by atoms with E-state index in [0.717, 1.165) is 6.42 Å². The third-order valence-electron chi connectivity index (χ3n) is 5.37. The van der Waals surface area contributed by atoms with Gasteiger partial charge in [0.05, 0.1) is 7.59 Å². The molecule has 3 heteroatoms. The van der Waals surface area contributed by atoms with Crippen molar-refractivity contribution in [2.45, 2.75) is 78.1 Å². The molecule has 0 fully saturated rings. The third-order valence-corrected chi connectivity index (χ3v) is 19.0. The van der Waals surface area contributed by atoms with Crippen molar-refractivity contribution < 1.29 is 4.43 Å². The van der Waals surface area contributed by atoms with Gasteiger partial charge in [0, 0.05) is 6.42 Å². The van der Waals surface area contributed by atoms with E-state index >= 15 is 0 Å². The van der Waals surface area contributed by atoms with Gasteiger partial charge in [0.1, 0.15) is 5.60 Å². The molecule has 29 heavy (non-hydrogen) atoms. The maximum absolute atomic E-state index is 7.22. The standard InChI is InChI=1S/C26H38OSi2/c1-7-8-9-10-11-18-23-26(2,3)27-29(28(4,5)6,24-19-14-12-15-20-24)25-21-16-13-17-22-25/h12-17,19-22H,7-11H2,1-6H3. The summed E-state index contributed by atoms with van der Waals surface area (Å²) in [5.41, 5.74) is -0.469. The third kappa shape index (κ3) is 6.18.